The Hall–Kier alpha value is -0.870. The first-order valence-electron chi connectivity index (χ1n) is 5.31. The maximum atomic E-state index is 11.1. The van der Waals surface area contributed by atoms with E-state index >= 15 is 0 Å². The van der Waals surface area contributed by atoms with Gasteiger partial charge in [-0.25, -0.2) is 0 Å². The summed E-state index contributed by atoms with van der Waals surface area (Å²) in [7, 11) is 0. The van der Waals surface area contributed by atoms with Gasteiger partial charge in [-0.15, -0.1) is 0 Å². The minimum absolute atomic E-state index is 0.0738. The number of anilines is 1. The van der Waals surface area contributed by atoms with Gasteiger partial charge in [0.2, 0.25) is 5.91 Å². The predicted octanol–water partition coefficient (Wildman–Crippen LogP) is 2.72. The SMILES string of the molecule is CC(=O)Nc1c(Br)cccc1CCCCO. The maximum Gasteiger partial charge on any atom is 0.221 e. The first-order chi connectivity index (χ1) is 7.65. The van der Waals surface area contributed by atoms with Crippen LogP contribution in [0.2, 0.25) is 0 Å². The van der Waals surface area contributed by atoms with E-state index < -0.39 is 0 Å². The fourth-order valence-electron chi connectivity index (χ4n) is 1.52. The highest BCUT2D eigenvalue weighted by Crippen LogP contribution is 2.27. The molecule has 0 atom stereocenters. The molecule has 1 amide bonds. The standard InChI is InChI=1S/C12H16BrNO2/c1-9(16)14-12-10(5-2-3-8-15)6-4-7-11(12)13/h4,6-7,15H,2-3,5,8H2,1H3,(H,14,16). The zero-order valence-corrected chi connectivity index (χ0v) is 10.9. The Morgan fingerprint density at radius 1 is 1.44 bits per heavy atom. The van der Waals surface area contributed by atoms with Crippen molar-refractivity contribution in [3.05, 3.63) is 28.2 Å². The first kappa shape index (κ1) is 13.2. The molecular weight excluding hydrogens is 270 g/mol. The number of aryl methyl sites for hydroxylation is 1. The molecule has 2 N–H and O–H groups in total. The van der Waals surface area contributed by atoms with Gasteiger partial charge in [0.25, 0.3) is 0 Å². The molecule has 88 valence electrons. The molecule has 0 aliphatic heterocycles. The van der Waals surface area contributed by atoms with Crippen LogP contribution in [0.5, 0.6) is 0 Å². The second-order valence-electron chi connectivity index (χ2n) is 3.64. The van der Waals surface area contributed by atoms with Crippen molar-refractivity contribution < 1.29 is 9.90 Å². The van der Waals surface area contributed by atoms with Gasteiger partial charge in [0.05, 0.1) is 5.69 Å². The van der Waals surface area contributed by atoms with Gasteiger partial charge in [-0.3, -0.25) is 4.79 Å². The summed E-state index contributed by atoms with van der Waals surface area (Å²) in [6.45, 7) is 1.71. The molecule has 4 heteroatoms. The van der Waals surface area contributed by atoms with Gasteiger partial charge in [0.15, 0.2) is 0 Å². The number of benzene rings is 1. The van der Waals surface area contributed by atoms with Crippen LogP contribution >= 0.6 is 15.9 Å². The van der Waals surface area contributed by atoms with Crippen molar-refractivity contribution in [2.75, 3.05) is 11.9 Å². The van der Waals surface area contributed by atoms with E-state index in [1.807, 2.05) is 18.2 Å². The van der Waals surface area contributed by atoms with E-state index in [1.165, 1.54) is 6.92 Å². The second kappa shape index (κ2) is 6.66. The minimum Gasteiger partial charge on any atom is -0.396 e. The number of aliphatic hydroxyl groups is 1. The largest absolute Gasteiger partial charge is 0.396 e. The molecule has 0 unspecified atom stereocenters. The molecule has 0 aliphatic rings. The van der Waals surface area contributed by atoms with E-state index in [0.717, 1.165) is 35.0 Å². The quantitative estimate of drug-likeness (QED) is 0.818. The van der Waals surface area contributed by atoms with Crippen LogP contribution in [-0.2, 0) is 11.2 Å². The van der Waals surface area contributed by atoms with E-state index in [0.29, 0.717) is 0 Å². The summed E-state index contributed by atoms with van der Waals surface area (Å²) in [5.41, 5.74) is 1.94. The lowest BCUT2D eigenvalue weighted by Crippen LogP contribution is -2.09. The lowest BCUT2D eigenvalue weighted by molar-refractivity contribution is -0.114. The molecule has 0 aromatic heterocycles. The van der Waals surface area contributed by atoms with Crippen LogP contribution in [0.15, 0.2) is 22.7 Å². The zero-order chi connectivity index (χ0) is 12.0. The molecule has 16 heavy (non-hydrogen) atoms. The Morgan fingerprint density at radius 2 is 2.19 bits per heavy atom. The van der Waals surface area contributed by atoms with Crippen molar-refractivity contribution >= 4 is 27.5 Å². The average Bonchev–Trinajstić information content (AvgIpc) is 2.23. The summed E-state index contributed by atoms with van der Waals surface area (Å²) in [4.78, 5) is 11.1. The molecule has 0 saturated carbocycles. The number of halogens is 1. The van der Waals surface area contributed by atoms with E-state index in [9.17, 15) is 4.79 Å². The average molecular weight is 286 g/mol. The van der Waals surface area contributed by atoms with Gasteiger partial charge >= 0.3 is 0 Å². The molecule has 0 bridgehead atoms. The Morgan fingerprint density at radius 3 is 2.81 bits per heavy atom. The molecule has 0 radical (unpaired) electrons. The maximum absolute atomic E-state index is 11.1. The smallest absolute Gasteiger partial charge is 0.221 e. The van der Waals surface area contributed by atoms with Crippen LogP contribution in [0.25, 0.3) is 0 Å². The normalized spacial score (nSPS) is 10.2. The third-order valence-corrected chi connectivity index (χ3v) is 2.92. The number of carbonyl (C=O) groups is 1. The van der Waals surface area contributed by atoms with Gasteiger partial charge in [-0.05, 0) is 46.8 Å². The number of para-hydroxylation sites is 1. The fraction of sp³-hybridized carbons (Fsp3) is 0.417. The summed E-state index contributed by atoms with van der Waals surface area (Å²) in [5, 5.41) is 11.6. The summed E-state index contributed by atoms with van der Waals surface area (Å²) in [5.74, 6) is -0.0738. The summed E-state index contributed by atoms with van der Waals surface area (Å²) < 4.78 is 0.893. The lowest BCUT2D eigenvalue weighted by atomic mass is 10.1. The number of hydrogen-bond acceptors (Lipinski definition) is 2. The number of amides is 1. The molecule has 3 nitrogen and oxygen atoms in total. The lowest BCUT2D eigenvalue weighted by Gasteiger charge is -2.11. The van der Waals surface area contributed by atoms with E-state index in [4.69, 9.17) is 5.11 Å². The van der Waals surface area contributed by atoms with Crippen molar-refractivity contribution in [2.45, 2.75) is 26.2 Å². The topological polar surface area (TPSA) is 49.3 Å². The monoisotopic (exact) mass is 285 g/mol. The van der Waals surface area contributed by atoms with Crippen molar-refractivity contribution in [3.8, 4) is 0 Å². The zero-order valence-electron chi connectivity index (χ0n) is 9.29. The number of aliphatic hydroxyl groups excluding tert-OH is 1. The number of unbranched alkanes of at least 4 members (excludes halogenated alkanes) is 1. The minimum atomic E-state index is -0.0738. The van der Waals surface area contributed by atoms with Gasteiger partial charge in [-0.2, -0.15) is 0 Å². The Balaban J connectivity index is 2.80. The molecule has 1 rings (SSSR count). The van der Waals surface area contributed by atoms with Crippen LogP contribution in [0.3, 0.4) is 0 Å². The molecule has 1 aromatic rings. The second-order valence-corrected chi connectivity index (χ2v) is 4.49. The van der Waals surface area contributed by atoms with Gasteiger partial charge in [0.1, 0.15) is 0 Å². The third-order valence-electron chi connectivity index (χ3n) is 2.26. The number of rotatable bonds is 5. The predicted molar refractivity (Wildman–Crippen MR) is 68.5 cm³/mol. The third kappa shape index (κ3) is 3.94. The highest BCUT2D eigenvalue weighted by molar-refractivity contribution is 9.10. The number of hydrogen-bond donors (Lipinski definition) is 2. The molecule has 1 aromatic carbocycles. The van der Waals surface area contributed by atoms with Crippen LogP contribution in [0.1, 0.15) is 25.3 Å². The van der Waals surface area contributed by atoms with Crippen molar-refractivity contribution in [1.29, 1.82) is 0 Å². The van der Waals surface area contributed by atoms with Crippen LogP contribution in [0, 0.1) is 0 Å². The van der Waals surface area contributed by atoms with Crippen molar-refractivity contribution in [2.24, 2.45) is 0 Å². The van der Waals surface area contributed by atoms with E-state index in [1.54, 1.807) is 0 Å². The van der Waals surface area contributed by atoms with Crippen LogP contribution < -0.4 is 5.32 Å². The van der Waals surface area contributed by atoms with Crippen molar-refractivity contribution in [3.63, 3.8) is 0 Å². The molecule has 0 spiro atoms. The summed E-state index contributed by atoms with van der Waals surface area (Å²) in [6, 6.07) is 5.85. The van der Waals surface area contributed by atoms with Crippen LogP contribution in [0.4, 0.5) is 5.69 Å². The molecule has 0 heterocycles. The van der Waals surface area contributed by atoms with Gasteiger partial charge < -0.3 is 10.4 Å². The van der Waals surface area contributed by atoms with E-state index in [2.05, 4.69) is 21.2 Å². The summed E-state index contributed by atoms with van der Waals surface area (Å²) in [6.07, 6.45) is 2.56. The molecular formula is C12H16BrNO2. The van der Waals surface area contributed by atoms with Gasteiger partial charge in [-0.1, -0.05) is 12.1 Å². The summed E-state index contributed by atoms with van der Waals surface area (Å²) >= 11 is 3.42. The first-order valence-corrected chi connectivity index (χ1v) is 6.10. The molecule has 0 saturated heterocycles. The van der Waals surface area contributed by atoms with E-state index in [-0.39, 0.29) is 12.5 Å². The molecule has 0 fully saturated rings. The highest BCUT2D eigenvalue weighted by Gasteiger charge is 2.07. The molecule has 0 aliphatic carbocycles. The van der Waals surface area contributed by atoms with Gasteiger partial charge in [0, 0.05) is 18.0 Å². The Kier molecular flexibility index (Phi) is 5.49. The number of nitrogens with one attached hydrogen (secondary N) is 1. The fourth-order valence-corrected chi connectivity index (χ4v) is 2.03. The number of carbonyl (C=O) groups excluding carboxylic acids is 1. The Bertz CT molecular complexity index is 366. The van der Waals surface area contributed by atoms with Crippen molar-refractivity contribution in [1.82, 2.24) is 0 Å². The highest BCUT2D eigenvalue weighted by atomic mass is 79.9. The van der Waals surface area contributed by atoms with Crippen LogP contribution in [-0.4, -0.2) is 17.6 Å². The Labute approximate surface area is 104 Å².